The maximum Gasteiger partial charge on any atom is 0.163 e. The second-order valence-electron chi connectivity index (χ2n) is 6.32. The number of allylic oxidation sites excluding steroid dienone is 1. The number of likely N-dealkylation sites (N-methyl/N-ethyl adjacent to an activating group) is 1. The molecule has 1 heterocycles. The Hall–Kier alpha value is -1.81. The van der Waals surface area contributed by atoms with Crippen LogP contribution in [0, 0.1) is 6.92 Å². The highest BCUT2D eigenvalue weighted by Crippen LogP contribution is 2.47. The van der Waals surface area contributed by atoms with Gasteiger partial charge in [0.1, 0.15) is 0 Å². The molecule has 0 bridgehead atoms. The lowest BCUT2D eigenvalue weighted by atomic mass is 9.69. The van der Waals surface area contributed by atoms with E-state index in [1.807, 2.05) is 6.92 Å². The SMILES string of the molecule is COc1cc(C23C=CC(=O)CC2N(C)CC3)cc(C)c1OC. The Balaban J connectivity index is 2.15. The molecule has 1 aromatic rings. The number of methoxy groups -OCH3 is 2. The van der Waals surface area contributed by atoms with Gasteiger partial charge in [0.25, 0.3) is 0 Å². The Kier molecular flexibility index (Phi) is 3.73. The molecule has 2 aliphatic rings. The summed E-state index contributed by atoms with van der Waals surface area (Å²) in [5, 5.41) is 0. The van der Waals surface area contributed by atoms with Gasteiger partial charge in [0.15, 0.2) is 17.3 Å². The number of carbonyl (C=O) groups is 1. The number of hydrogen-bond acceptors (Lipinski definition) is 4. The molecule has 0 aromatic heterocycles. The molecule has 1 aliphatic heterocycles. The van der Waals surface area contributed by atoms with Crippen LogP contribution in [0.2, 0.25) is 0 Å². The topological polar surface area (TPSA) is 38.8 Å². The number of nitrogens with zero attached hydrogens (tertiary/aromatic N) is 1. The maximum atomic E-state index is 11.9. The molecule has 0 saturated carbocycles. The minimum atomic E-state index is -0.104. The molecule has 4 heteroatoms. The number of ketones is 1. The van der Waals surface area contributed by atoms with Crippen molar-refractivity contribution in [3.8, 4) is 11.5 Å². The zero-order chi connectivity index (χ0) is 15.9. The van der Waals surface area contributed by atoms with Crippen molar-refractivity contribution in [3.05, 3.63) is 35.4 Å². The summed E-state index contributed by atoms with van der Waals surface area (Å²) < 4.78 is 11.0. The second kappa shape index (κ2) is 5.43. The van der Waals surface area contributed by atoms with E-state index in [-0.39, 0.29) is 17.2 Å². The third kappa shape index (κ3) is 2.13. The van der Waals surface area contributed by atoms with Crippen molar-refractivity contribution >= 4 is 5.78 Å². The molecule has 1 aromatic carbocycles. The molecule has 118 valence electrons. The largest absolute Gasteiger partial charge is 0.493 e. The van der Waals surface area contributed by atoms with Crippen LogP contribution < -0.4 is 9.47 Å². The van der Waals surface area contributed by atoms with Crippen LogP contribution in [0.3, 0.4) is 0 Å². The number of ether oxygens (including phenoxy) is 2. The van der Waals surface area contributed by atoms with Gasteiger partial charge in [0, 0.05) is 17.9 Å². The molecule has 1 fully saturated rings. The Bertz CT molecular complexity index is 637. The number of likely N-dealkylation sites (tertiary alicyclic amines) is 1. The van der Waals surface area contributed by atoms with E-state index < -0.39 is 0 Å². The predicted molar refractivity (Wildman–Crippen MR) is 85.8 cm³/mol. The zero-order valence-corrected chi connectivity index (χ0v) is 13.7. The molecule has 0 N–H and O–H groups in total. The van der Waals surface area contributed by atoms with Crippen LogP contribution in [0.25, 0.3) is 0 Å². The van der Waals surface area contributed by atoms with Gasteiger partial charge in [0.2, 0.25) is 0 Å². The molecule has 1 aliphatic carbocycles. The van der Waals surface area contributed by atoms with Gasteiger partial charge in [-0.3, -0.25) is 4.79 Å². The highest BCUT2D eigenvalue weighted by molar-refractivity contribution is 5.92. The fourth-order valence-electron chi connectivity index (χ4n) is 3.97. The van der Waals surface area contributed by atoms with Crippen LogP contribution in [0.1, 0.15) is 24.0 Å². The molecule has 4 nitrogen and oxygen atoms in total. The minimum Gasteiger partial charge on any atom is -0.493 e. The van der Waals surface area contributed by atoms with E-state index >= 15 is 0 Å². The molecule has 0 amide bonds. The molecular weight excluding hydrogens is 278 g/mol. The van der Waals surface area contributed by atoms with Crippen LogP contribution in [0.15, 0.2) is 24.3 Å². The Morgan fingerprint density at radius 3 is 2.73 bits per heavy atom. The van der Waals surface area contributed by atoms with Crippen molar-refractivity contribution in [2.24, 2.45) is 0 Å². The average Bonchev–Trinajstić information content (AvgIpc) is 2.84. The van der Waals surface area contributed by atoms with Crippen molar-refractivity contribution < 1.29 is 14.3 Å². The summed E-state index contributed by atoms with van der Waals surface area (Å²) >= 11 is 0. The first kappa shape index (κ1) is 15.1. The van der Waals surface area contributed by atoms with E-state index in [0.29, 0.717) is 6.42 Å². The Morgan fingerprint density at radius 1 is 1.27 bits per heavy atom. The van der Waals surface area contributed by atoms with Gasteiger partial charge >= 0.3 is 0 Å². The van der Waals surface area contributed by atoms with Crippen molar-refractivity contribution in [1.82, 2.24) is 4.90 Å². The van der Waals surface area contributed by atoms with Crippen LogP contribution >= 0.6 is 0 Å². The van der Waals surface area contributed by atoms with Crippen LogP contribution in [0.5, 0.6) is 11.5 Å². The van der Waals surface area contributed by atoms with Crippen LogP contribution in [-0.4, -0.2) is 44.5 Å². The summed E-state index contributed by atoms with van der Waals surface area (Å²) in [5.41, 5.74) is 2.16. The summed E-state index contributed by atoms with van der Waals surface area (Å²) in [6.07, 6.45) is 5.46. The summed E-state index contributed by atoms with van der Waals surface area (Å²) in [6.45, 7) is 3.03. The highest BCUT2D eigenvalue weighted by atomic mass is 16.5. The summed E-state index contributed by atoms with van der Waals surface area (Å²) in [5.74, 6) is 1.75. The molecular formula is C18H23NO3. The maximum absolute atomic E-state index is 11.9. The number of aryl methyl sites for hydroxylation is 1. The van der Waals surface area contributed by atoms with Gasteiger partial charge < -0.3 is 14.4 Å². The quantitative estimate of drug-likeness (QED) is 0.860. The molecule has 0 radical (unpaired) electrons. The van der Waals surface area contributed by atoms with Gasteiger partial charge in [-0.15, -0.1) is 0 Å². The zero-order valence-electron chi connectivity index (χ0n) is 13.7. The standard InChI is InChI=1S/C18H23NO3/c1-12-9-13(10-15(21-3)17(12)22-4)18-6-5-14(20)11-16(18)19(2)8-7-18/h5-6,9-10,16H,7-8,11H2,1-4H3. The fourth-order valence-corrected chi connectivity index (χ4v) is 3.97. The fraction of sp³-hybridized carbons (Fsp3) is 0.500. The van der Waals surface area contributed by atoms with Gasteiger partial charge in [-0.1, -0.05) is 12.1 Å². The summed E-state index contributed by atoms with van der Waals surface area (Å²) in [6, 6.07) is 4.47. The molecule has 2 unspecified atom stereocenters. The summed E-state index contributed by atoms with van der Waals surface area (Å²) in [7, 11) is 5.43. The molecule has 0 spiro atoms. The van der Waals surface area contributed by atoms with Crippen molar-refractivity contribution in [3.63, 3.8) is 0 Å². The number of carbonyl (C=O) groups excluding carboxylic acids is 1. The highest BCUT2D eigenvalue weighted by Gasteiger charge is 2.48. The minimum absolute atomic E-state index is 0.104. The smallest absolute Gasteiger partial charge is 0.163 e. The second-order valence-corrected chi connectivity index (χ2v) is 6.32. The molecule has 2 atom stereocenters. The van der Waals surface area contributed by atoms with Gasteiger partial charge in [-0.05, 0) is 50.2 Å². The van der Waals surface area contributed by atoms with E-state index in [1.54, 1.807) is 20.3 Å². The van der Waals surface area contributed by atoms with Crippen molar-refractivity contribution in [1.29, 1.82) is 0 Å². The van der Waals surface area contributed by atoms with E-state index in [9.17, 15) is 4.79 Å². The Labute approximate surface area is 131 Å². The summed E-state index contributed by atoms with van der Waals surface area (Å²) in [4.78, 5) is 14.2. The lowest BCUT2D eigenvalue weighted by molar-refractivity contribution is -0.116. The van der Waals surface area contributed by atoms with Gasteiger partial charge in [-0.2, -0.15) is 0 Å². The van der Waals surface area contributed by atoms with Crippen molar-refractivity contribution in [2.45, 2.75) is 31.2 Å². The van der Waals surface area contributed by atoms with Gasteiger partial charge in [0.05, 0.1) is 14.2 Å². The first-order chi connectivity index (χ1) is 10.5. The van der Waals surface area contributed by atoms with Crippen LogP contribution in [0.4, 0.5) is 0 Å². The predicted octanol–water partition coefficient (Wildman–Crippen LogP) is 2.48. The molecule has 3 rings (SSSR count). The number of hydrogen-bond donors (Lipinski definition) is 0. The van der Waals surface area contributed by atoms with Gasteiger partial charge in [-0.25, -0.2) is 0 Å². The number of benzene rings is 1. The monoisotopic (exact) mass is 301 g/mol. The number of fused-ring (bicyclic) bond motifs is 1. The first-order valence-corrected chi connectivity index (χ1v) is 7.67. The third-order valence-corrected chi connectivity index (χ3v) is 5.17. The molecule has 1 saturated heterocycles. The van der Waals surface area contributed by atoms with Crippen molar-refractivity contribution in [2.75, 3.05) is 27.8 Å². The third-order valence-electron chi connectivity index (χ3n) is 5.17. The number of rotatable bonds is 3. The normalized spacial score (nSPS) is 27.8. The lowest BCUT2D eigenvalue weighted by Gasteiger charge is -2.38. The van der Waals surface area contributed by atoms with E-state index in [0.717, 1.165) is 30.0 Å². The molecule has 22 heavy (non-hydrogen) atoms. The average molecular weight is 301 g/mol. The van der Waals surface area contributed by atoms with Crippen LogP contribution in [-0.2, 0) is 10.2 Å². The van der Waals surface area contributed by atoms with E-state index in [4.69, 9.17) is 9.47 Å². The van der Waals surface area contributed by atoms with E-state index in [2.05, 4.69) is 30.2 Å². The Morgan fingerprint density at radius 2 is 2.05 bits per heavy atom. The first-order valence-electron chi connectivity index (χ1n) is 7.67. The van der Waals surface area contributed by atoms with E-state index in [1.165, 1.54) is 5.56 Å². The lowest BCUT2D eigenvalue weighted by Crippen LogP contribution is -2.43.